The molecule has 134 valence electrons. The van der Waals surface area contributed by atoms with Crippen LogP contribution in [0.4, 0.5) is 11.8 Å². The lowest BCUT2D eigenvalue weighted by Crippen LogP contribution is -2.35. The number of rotatable bonds is 6. The summed E-state index contributed by atoms with van der Waals surface area (Å²) < 4.78 is 5.33. The van der Waals surface area contributed by atoms with Crippen LogP contribution in [0.25, 0.3) is 0 Å². The standard InChI is InChI=1S/C20H23N5O/c1-2-5-16(6-3-1)13-17-8-10-25(11-9-17)20-23-19(15-22-24-20)21-14-18-7-4-12-26-18/h1-7,12,15,17H,8-11,13-14H2,(H,21,23,24). The Kier molecular flexibility index (Phi) is 5.09. The summed E-state index contributed by atoms with van der Waals surface area (Å²) in [5, 5.41) is 11.6. The first kappa shape index (κ1) is 16.6. The van der Waals surface area contributed by atoms with Crippen molar-refractivity contribution >= 4 is 11.8 Å². The van der Waals surface area contributed by atoms with Gasteiger partial charge in [-0.2, -0.15) is 10.1 Å². The second-order valence-electron chi connectivity index (χ2n) is 6.69. The zero-order valence-corrected chi connectivity index (χ0v) is 14.7. The highest BCUT2D eigenvalue weighted by Crippen LogP contribution is 2.24. The minimum atomic E-state index is 0.588. The van der Waals surface area contributed by atoms with Crippen molar-refractivity contribution in [2.45, 2.75) is 25.8 Å². The van der Waals surface area contributed by atoms with Gasteiger partial charge >= 0.3 is 0 Å². The van der Waals surface area contributed by atoms with Crippen LogP contribution in [-0.4, -0.2) is 28.3 Å². The lowest BCUT2D eigenvalue weighted by atomic mass is 9.90. The van der Waals surface area contributed by atoms with Crippen molar-refractivity contribution in [1.29, 1.82) is 0 Å². The molecule has 0 spiro atoms. The van der Waals surface area contributed by atoms with E-state index in [1.54, 1.807) is 12.5 Å². The van der Waals surface area contributed by atoms with Gasteiger partial charge in [0.25, 0.3) is 0 Å². The molecule has 1 fully saturated rings. The summed E-state index contributed by atoms with van der Waals surface area (Å²) >= 11 is 0. The molecule has 3 heterocycles. The zero-order chi connectivity index (χ0) is 17.6. The van der Waals surface area contributed by atoms with E-state index in [0.717, 1.165) is 49.8 Å². The SMILES string of the molecule is c1ccc(CC2CCN(c3nncc(NCc4ccco4)n3)CC2)cc1. The molecule has 1 N–H and O–H groups in total. The first-order chi connectivity index (χ1) is 12.9. The lowest BCUT2D eigenvalue weighted by molar-refractivity contribution is 0.400. The van der Waals surface area contributed by atoms with Gasteiger partial charge in [-0.15, -0.1) is 5.10 Å². The van der Waals surface area contributed by atoms with Gasteiger partial charge in [0, 0.05) is 13.1 Å². The van der Waals surface area contributed by atoms with E-state index in [9.17, 15) is 0 Å². The van der Waals surface area contributed by atoms with Crippen molar-refractivity contribution in [1.82, 2.24) is 15.2 Å². The van der Waals surface area contributed by atoms with Crippen LogP contribution in [0.15, 0.2) is 59.3 Å². The molecule has 26 heavy (non-hydrogen) atoms. The molecule has 6 nitrogen and oxygen atoms in total. The van der Waals surface area contributed by atoms with Crippen LogP contribution < -0.4 is 10.2 Å². The van der Waals surface area contributed by atoms with Crippen molar-refractivity contribution in [3.05, 3.63) is 66.2 Å². The van der Waals surface area contributed by atoms with Crippen LogP contribution in [0, 0.1) is 5.92 Å². The molecule has 0 saturated carbocycles. The molecule has 0 radical (unpaired) electrons. The van der Waals surface area contributed by atoms with E-state index in [1.807, 2.05) is 12.1 Å². The number of nitrogens with zero attached hydrogens (tertiary/aromatic N) is 4. The van der Waals surface area contributed by atoms with Crippen LogP contribution in [0.5, 0.6) is 0 Å². The highest BCUT2D eigenvalue weighted by Gasteiger charge is 2.21. The Bertz CT molecular complexity index is 798. The first-order valence-corrected chi connectivity index (χ1v) is 9.12. The van der Waals surface area contributed by atoms with Gasteiger partial charge in [0.15, 0.2) is 5.82 Å². The number of nitrogens with one attached hydrogen (secondary N) is 1. The maximum Gasteiger partial charge on any atom is 0.247 e. The number of furan rings is 1. The highest BCUT2D eigenvalue weighted by molar-refractivity contribution is 5.39. The maximum absolute atomic E-state index is 5.33. The predicted octanol–water partition coefficient (Wildman–Crippen LogP) is 3.54. The van der Waals surface area contributed by atoms with Crippen LogP contribution in [0.1, 0.15) is 24.2 Å². The minimum Gasteiger partial charge on any atom is -0.467 e. The second kappa shape index (κ2) is 7.99. The summed E-state index contributed by atoms with van der Waals surface area (Å²) in [5.74, 6) is 3.01. The van der Waals surface area contributed by atoms with E-state index in [-0.39, 0.29) is 0 Å². The Hall–Kier alpha value is -2.89. The molecular formula is C20H23N5O. The largest absolute Gasteiger partial charge is 0.467 e. The fourth-order valence-corrected chi connectivity index (χ4v) is 3.39. The zero-order valence-electron chi connectivity index (χ0n) is 14.7. The summed E-state index contributed by atoms with van der Waals surface area (Å²) in [6.45, 7) is 2.53. The maximum atomic E-state index is 5.33. The normalized spacial score (nSPS) is 15.2. The summed E-state index contributed by atoms with van der Waals surface area (Å²) in [6, 6.07) is 14.5. The van der Waals surface area contributed by atoms with Crippen molar-refractivity contribution in [3.8, 4) is 0 Å². The Morgan fingerprint density at radius 2 is 1.92 bits per heavy atom. The number of hydrogen-bond acceptors (Lipinski definition) is 6. The number of hydrogen-bond donors (Lipinski definition) is 1. The van der Waals surface area contributed by atoms with Crippen molar-refractivity contribution in [2.24, 2.45) is 5.92 Å². The molecule has 3 aromatic rings. The summed E-state index contributed by atoms with van der Waals surface area (Å²) in [5.41, 5.74) is 1.42. The quantitative estimate of drug-likeness (QED) is 0.734. The molecule has 6 heteroatoms. The average molecular weight is 349 g/mol. The molecule has 0 atom stereocenters. The second-order valence-corrected chi connectivity index (χ2v) is 6.69. The molecule has 1 aromatic carbocycles. The molecular weight excluding hydrogens is 326 g/mol. The topological polar surface area (TPSA) is 67.1 Å². The number of benzene rings is 1. The third kappa shape index (κ3) is 4.20. The van der Waals surface area contributed by atoms with E-state index in [2.05, 4.69) is 55.7 Å². The van der Waals surface area contributed by atoms with Crippen molar-refractivity contribution < 1.29 is 4.42 Å². The molecule has 0 aliphatic carbocycles. The van der Waals surface area contributed by atoms with Gasteiger partial charge in [-0.05, 0) is 42.9 Å². The Balaban J connectivity index is 1.32. The molecule has 2 aromatic heterocycles. The summed E-state index contributed by atoms with van der Waals surface area (Å²) in [7, 11) is 0. The molecule has 0 bridgehead atoms. The Morgan fingerprint density at radius 3 is 2.69 bits per heavy atom. The van der Waals surface area contributed by atoms with Gasteiger partial charge in [0.05, 0.1) is 19.0 Å². The molecule has 1 aliphatic heterocycles. The summed E-state index contributed by atoms with van der Waals surface area (Å²) in [6.07, 6.45) is 6.78. The highest BCUT2D eigenvalue weighted by atomic mass is 16.3. The summed E-state index contributed by atoms with van der Waals surface area (Å²) in [4.78, 5) is 6.83. The third-order valence-corrected chi connectivity index (χ3v) is 4.84. The van der Waals surface area contributed by atoms with E-state index in [4.69, 9.17) is 4.42 Å². The van der Waals surface area contributed by atoms with E-state index < -0.39 is 0 Å². The lowest BCUT2D eigenvalue weighted by Gasteiger charge is -2.31. The van der Waals surface area contributed by atoms with Gasteiger partial charge in [-0.1, -0.05) is 30.3 Å². The Morgan fingerprint density at radius 1 is 1.08 bits per heavy atom. The van der Waals surface area contributed by atoms with Crippen LogP contribution in [0.3, 0.4) is 0 Å². The fraction of sp³-hybridized carbons (Fsp3) is 0.350. The van der Waals surface area contributed by atoms with E-state index >= 15 is 0 Å². The number of piperidine rings is 1. The molecule has 1 saturated heterocycles. The van der Waals surface area contributed by atoms with Crippen LogP contribution in [-0.2, 0) is 13.0 Å². The number of anilines is 2. The van der Waals surface area contributed by atoms with E-state index in [1.165, 1.54) is 5.56 Å². The van der Waals surface area contributed by atoms with E-state index in [0.29, 0.717) is 12.5 Å². The van der Waals surface area contributed by atoms with Crippen LogP contribution >= 0.6 is 0 Å². The molecule has 0 unspecified atom stereocenters. The predicted molar refractivity (Wildman–Crippen MR) is 101 cm³/mol. The van der Waals surface area contributed by atoms with Gasteiger partial charge in [-0.3, -0.25) is 0 Å². The van der Waals surface area contributed by atoms with Crippen molar-refractivity contribution in [3.63, 3.8) is 0 Å². The van der Waals surface area contributed by atoms with Gasteiger partial charge in [0.1, 0.15) is 5.76 Å². The average Bonchev–Trinajstić information content (AvgIpc) is 3.22. The first-order valence-electron chi connectivity index (χ1n) is 9.12. The van der Waals surface area contributed by atoms with Gasteiger partial charge in [-0.25, -0.2) is 0 Å². The Labute approximate surface area is 153 Å². The molecule has 0 amide bonds. The van der Waals surface area contributed by atoms with Crippen LogP contribution in [0.2, 0.25) is 0 Å². The third-order valence-electron chi connectivity index (χ3n) is 4.84. The fourth-order valence-electron chi connectivity index (χ4n) is 3.39. The van der Waals surface area contributed by atoms with Gasteiger partial charge < -0.3 is 14.6 Å². The van der Waals surface area contributed by atoms with Crippen molar-refractivity contribution in [2.75, 3.05) is 23.3 Å². The molecule has 1 aliphatic rings. The minimum absolute atomic E-state index is 0.588. The molecule has 4 rings (SSSR count). The monoisotopic (exact) mass is 349 g/mol. The number of aromatic nitrogens is 3. The smallest absolute Gasteiger partial charge is 0.247 e. The van der Waals surface area contributed by atoms with Gasteiger partial charge in [0.2, 0.25) is 5.95 Å².